The molecule has 0 fully saturated rings. The highest BCUT2D eigenvalue weighted by Crippen LogP contribution is 2.31. The molecule has 0 amide bonds. The first-order valence-electron chi connectivity index (χ1n) is 7.04. The topological polar surface area (TPSA) is 68.2 Å². The van der Waals surface area contributed by atoms with Gasteiger partial charge in [0.15, 0.2) is 5.82 Å². The Morgan fingerprint density at radius 2 is 2.20 bits per heavy atom. The highest BCUT2D eigenvalue weighted by molar-refractivity contribution is 5.60. The van der Waals surface area contributed by atoms with Crippen LogP contribution in [0.25, 0.3) is 0 Å². The summed E-state index contributed by atoms with van der Waals surface area (Å²) in [5.41, 5.74) is 10.9. The number of rotatable bonds is 3. The van der Waals surface area contributed by atoms with Crippen molar-refractivity contribution in [1.82, 2.24) is 10.1 Å². The molecule has 2 aromatic rings. The molecule has 3 rings (SSSR count). The Morgan fingerprint density at radius 3 is 2.95 bits per heavy atom. The summed E-state index contributed by atoms with van der Waals surface area (Å²) in [6.07, 6.45) is 2.32. The second-order valence-corrected chi connectivity index (χ2v) is 5.41. The minimum atomic E-state index is 0.293. The first-order valence-corrected chi connectivity index (χ1v) is 7.04. The summed E-state index contributed by atoms with van der Waals surface area (Å²) in [7, 11) is 0. The largest absolute Gasteiger partial charge is 0.364 e. The van der Waals surface area contributed by atoms with Crippen LogP contribution in [-0.4, -0.2) is 16.7 Å². The van der Waals surface area contributed by atoms with E-state index in [0.717, 1.165) is 13.0 Å². The molecule has 0 atom stereocenters. The normalized spacial score (nSPS) is 14.4. The van der Waals surface area contributed by atoms with Gasteiger partial charge in [-0.1, -0.05) is 11.2 Å². The Hall–Kier alpha value is -1.88. The molecule has 5 nitrogen and oxygen atoms in total. The lowest BCUT2D eigenvalue weighted by atomic mass is 9.95. The van der Waals surface area contributed by atoms with Crippen LogP contribution in [0.2, 0.25) is 0 Å². The van der Waals surface area contributed by atoms with Crippen molar-refractivity contribution in [2.24, 2.45) is 5.73 Å². The van der Waals surface area contributed by atoms with Crippen molar-refractivity contribution in [1.29, 1.82) is 0 Å². The van der Waals surface area contributed by atoms with Crippen molar-refractivity contribution < 1.29 is 4.52 Å². The molecule has 0 radical (unpaired) electrons. The molecule has 1 aliphatic heterocycles. The van der Waals surface area contributed by atoms with E-state index in [0.29, 0.717) is 24.8 Å². The van der Waals surface area contributed by atoms with Gasteiger partial charge in [0.2, 0.25) is 5.89 Å². The molecule has 20 heavy (non-hydrogen) atoms. The van der Waals surface area contributed by atoms with Crippen LogP contribution in [0.4, 0.5) is 5.69 Å². The number of benzene rings is 1. The van der Waals surface area contributed by atoms with E-state index in [2.05, 4.69) is 41.0 Å². The Bertz CT molecular complexity index is 620. The third-order valence-corrected chi connectivity index (χ3v) is 3.81. The third-order valence-electron chi connectivity index (χ3n) is 3.81. The summed E-state index contributed by atoms with van der Waals surface area (Å²) in [5, 5.41) is 3.99. The molecule has 0 saturated heterocycles. The Morgan fingerprint density at radius 1 is 1.35 bits per heavy atom. The van der Waals surface area contributed by atoms with Gasteiger partial charge in [0, 0.05) is 12.2 Å². The molecule has 106 valence electrons. The standard InChI is InChI=1S/C15H20N4O/c1-10-6-11(2)12-4-3-5-19(13(12)7-10)9-14-17-15(8-16)20-18-14/h6-7H,3-5,8-9,16H2,1-2H3. The zero-order valence-electron chi connectivity index (χ0n) is 12.0. The van der Waals surface area contributed by atoms with Crippen LogP contribution in [0.1, 0.15) is 34.8 Å². The van der Waals surface area contributed by atoms with Crippen molar-refractivity contribution >= 4 is 5.69 Å². The van der Waals surface area contributed by atoms with Gasteiger partial charge >= 0.3 is 0 Å². The van der Waals surface area contributed by atoms with Crippen LogP contribution >= 0.6 is 0 Å². The van der Waals surface area contributed by atoms with Gasteiger partial charge in [-0.2, -0.15) is 4.98 Å². The van der Waals surface area contributed by atoms with Gasteiger partial charge in [-0.3, -0.25) is 0 Å². The van der Waals surface area contributed by atoms with Gasteiger partial charge in [0.1, 0.15) is 0 Å². The number of nitrogens with two attached hydrogens (primary N) is 1. The van der Waals surface area contributed by atoms with Crippen molar-refractivity contribution in [2.75, 3.05) is 11.4 Å². The summed E-state index contributed by atoms with van der Waals surface area (Å²) in [6.45, 7) is 6.33. The van der Waals surface area contributed by atoms with Gasteiger partial charge in [-0.05, 0) is 49.4 Å². The van der Waals surface area contributed by atoms with Crippen LogP contribution in [0.15, 0.2) is 16.7 Å². The fourth-order valence-corrected chi connectivity index (χ4v) is 2.92. The molecule has 1 aromatic heterocycles. The fourth-order valence-electron chi connectivity index (χ4n) is 2.92. The molecule has 0 saturated carbocycles. The van der Waals surface area contributed by atoms with Crippen molar-refractivity contribution in [3.05, 3.63) is 40.5 Å². The average Bonchev–Trinajstić information content (AvgIpc) is 2.87. The van der Waals surface area contributed by atoms with E-state index in [1.807, 2.05) is 0 Å². The molecule has 0 unspecified atom stereocenters. The molecule has 5 heteroatoms. The third kappa shape index (κ3) is 2.41. The molecule has 1 aromatic carbocycles. The SMILES string of the molecule is Cc1cc(C)c2c(c1)N(Cc1noc(CN)n1)CCC2. The predicted octanol–water partition coefficient (Wildman–Crippen LogP) is 2.10. The van der Waals surface area contributed by atoms with E-state index in [4.69, 9.17) is 10.3 Å². The minimum Gasteiger partial charge on any atom is -0.364 e. The maximum Gasteiger partial charge on any atom is 0.240 e. The number of fused-ring (bicyclic) bond motifs is 1. The van der Waals surface area contributed by atoms with Gasteiger partial charge in [0.25, 0.3) is 0 Å². The molecule has 2 N–H and O–H groups in total. The van der Waals surface area contributed by atoms with E-state index < -0.39 is 0 Å². The lowest BCUT2D eigenvalue weighted by molar-refractivity contribution is 0.374. The lowest BCUT2D eigenvalue weighted by Gasteiger charge is -2.31. The van der Waals surface area contributed by atoms with Crippen LogP contribution in [0, 0.1) is 13.8 Å². The Balaban J connectivity index is 1.89. The summed E-state index contributed by atoms with van der Waals surface area (Å²) < 4.78 is 5.08. The number of nitrogens with zero attached hydrogens (tertiary/aromatic N) is 3. The van der Waals surface area contributed by atoms with Crippen LogP contribution in [-0.2, 0) is 19.5 Å². The quantitative estimate of drug-likeness (QED) is 0.926. The molecular weight excluding hydrogens is 252 g/mol. The Labute approximate surface area is 118 Å². The highest BCUT2D eigenvalue weighted by Gasteiger charge is 2.20. The van der Waals surface area contributed by atoms with Crippen molar-refractivity contribution in [3.8, 4) is 0 Å². The van der Waals surface area contributed by atoms with E-state index in [-0.39, 0.29) is 0 Å². The number of aryl methyl sites for hydroxylation is 2. The number of anilines is 1. The van der Waals surface area contributed by atoms with Crippen molar-refractivity contribution in [2.45, 2.75) is 39.8 Å². The molecule has 2 heterocycles. The lowest BCUT2D eigenvalue weighted by Crippen LogP contribution is -2.29. The molecule has 0 spiro atoms. The second-order valence-electron chi connectivity index (χ2n) is 5.41. The maximum absolute atomic E-state index is 5.50. The molecular formula is C15H20N4O. The zero-order valence-corrected chi connectivity index (χ0v) is 12.0. The van der Waals surface area contributed by atoms with Gasteiger partial charge in [0.05, 0.1) is 13.1 Å². The van der Waals surface area contributed by atoms with E-state index in [1.54, 1.807) is 0 Å². The fraction of sp³-hybridized carbons (Fsp3) is 0.467. The van der Waals surface area contributed by atoms with Crippen LogP contribution in [0.3, 0.4) is 0 Å². The Kier molecular flexibility index (Phi) is 3.44. The average molecular weight is 272 g/mol. The summed E-state index contributed by atoms with van der Waals surface area (Å²) in [5.74, 6) is 1.20. The highest BCUT2D eigenvalue weighted by atomic mass is 16.5. The minimum absolute atomic E-state index is 0.293. The zero-order chi connectivity index (χ0) is 14.1. The molecule has 1 aliphatic rings. The first kappa shape index (κ1) is 13.1. The maximum atomic E-state index is 5.50. The van der Waals surface area contributed by atoms with E-state index >= 15 is 0 Å². The van der Waals surface area contributed by atoms with Crippen molar-refractivity contribution in [3.63, 3.8) is 0 Å². The second kappa shape index (κ2) is 5.25. The first-order chi connectivity index (χ1) is 9.67. The number of hydrogen-bond donors (Lipinski definition) is 1. The number of aromatic nitrogens is 2. The summed E-state index contributed by atoms with van der Waals surface area (Å²) >= 11 is 0. The predicted molar refractivity (Wildman–Crippen MR) is 77.5 cm³/mol. The summed E-state index contributed by atoms with van der Waals surface area (Å²) in [4.78, 5) is 6.63. The number of hydrogen-bond acceptors (Lipinski definition) is 5. The monoisotopic (exact) mass is 272 g/mol. The van der Waals surface area contributed by atoms with E-state index in [9.17, 15) is 0 Å². The van der Waals surface area contributed by atoms with Gasteiger partial charge in [-0.15, -0.1) is 0 Å². The van der Waals surface area contributed by atoms with Crippen LogP contribution < -0.4 is 10.6 Å². The molecule has 0 bridgehead atoms. The van der Waals surface area contributed by atoms with Crippen LogP contribution in [0.5, 0.6) is 0 Å². The molecule has 0 aliphatic carbocycles. The van der Waals surface area contributed by atoms with Gasteiger partial charge in [-0.25, -0.2) is 0 Å². The smallest absolute Gasteiger partial charge is 0.240 e. The summed E-state index contributed by atoms with van der Waals surface area (Å²) in [6, 6.07) is 4.51. The van der Waals surface area contributed by atoms with E-state index in [1.165, 1.54) is 28.8 Å². The van der Waals surface area contributed by atoms with Gasteiger partial charge < -0.3 is 15.2 Å².